The highest BCUT2D eigenvalue weighted by Gasteiger charge is 2.14. The summed E-state index contributed by atoms with van der Waals surface area (Å²) in [5.41, 5.74) is 3.91. The number of hydrogen-bond acceptors (Lipinski definition) is 4. The van der Waals surface area contributed by atoms with Crippen LogP contribution in [0.15, 0.2) is 48.5 Å². The van der Waals surface area contributed by atoms with Crippen LogP contribution in [0, 0.1) is 0 Å². The largest absolute Gasteiger partial charge is 0.369 e. The molecule has 156 valence electrons. The van der Waals surface area contributed by atoms with Gasteiger partial charge in [-0.1, -0.05) is 12.1 Å². The van der Waals surface area contributed by atoms with Gasteiger partial charge in [0, 0.05) is 62.2 Å². The molecule has 0 bridgehead atoms. The minimum atomic E-state index is -0.0686. The maximum Gasteiger partial charge on any atom is 0.255 e. The maximum atomic E-state index is 12.7. The Morgan fingerprint density at radius 2 is 1.76 bits per heavy atom. The molecule has 1 aliphatic heterocycles. The van der Waals surface area contributed by atoms with Crippen molar-refractivity contribution in [2.75, 3.05) is 50.0 Å². The first-order valence-corrected chi connectivity index (χ1v) is 10.6. The average molecular weight is 395 g/mol. The maximum absolute atomic E-state index is 12.7. The monoisotopic (exact) mass is 394 g/mol. The van der Waals surface area contributed by atoms with Crippen LogP contribution in [-0.2, 0) is 6.54 Å². The van der Waals surface area contributed by atoms with Gasteiger partial charge in [0.2, 0.25) is 0 Å². The van der Waals surface area contributed by atoms with E-state index in [4.69, 9.17) is 0 Å². The van der Waals surface area contributed by atoms with Crippen molar-refractivity contribution in [1.82, 2.24) is 9.80 Å². The second-order valence-electron chi connectivity index (χ2n) is 8.16. The first-order valence-electron chi connectivity index (χ1n) is 10.6. The predicted octanol–water partition coefficient (Wildman–Crippen LogP) is 3.92. The molecule has 0 unspecified atom stereocenters. The van der Waals surface area contributed by atoms with Crippen LogP contribution in [-0.4, -0.2) is 61.5 Å². The van der Waals surface area contributed by atoms with Gasteiger partial charge < -0.3 is 15.1 Å². The second kappa shape index (κ2) is 9.90. The zero-order chi connectivity index (χ0) is 20.8. The summed E-state index contributed by atoms with van der Waals surface area (Å²) in [6.45, 7) is 12.8. The molecule has 1 amide bonds. The number of benzene rings is 2. The summed E-state index contributed by atoms with van der Waals surface area (Å²) in [7, 11) is 2.17. The second-order valence-corrected chi connectivity index (χ2v) is 8.16. The Kier molecular flexibility index (Phi) is 7.29. The summed E-state index contributed by atoms with van der Waals surface area (Å²) in [5.74, 6) is -0.0686. The van der Waals surface area contributed by atoms with Crippen molar-refractivity contribution in [3.63, 3.8) is 0 Å². The number of nitrogens with one attached hydrogen (secondary N) is 1. The van der Waals surface area contributed by atoms with E-state index in [1.807, 2.05) is 36.4 Å². The summed E-state index contributed by atoms with van der Waals surface area (Å²) in [5, 5.41) is 3.05. The lowest BCUT2D eigenvalue weighted by Gasteiger charge is -2.32. The van der Waals surface area contributed by atoms with Gasteiger partial charge in [-0.05, 0) is 69.8 Å². The highest BCUT2D eigenvalue weighted by molar-refractivity contribution is 6.04. The number of likely N-dealkylation sites (N-methyl/N-ethyl adjacent to an activating group) is 1. The smallest absolute Gasteiger partial charge is 0.255 e. The Hall–Kier alpha value is -2.37. The Morgan fingerprint density at radius 1 is 1.07 bits per heavy atom. The number of carbonyl (C=O) groups excluding carboxylic acids is 1. The zero-order valence-electron chi connectivity index (χ0n) is 18.2. The van der Waals surface area contributed by atoms with Gasteiger partial charge in [-0.2, -0.15) is 0 Å². The number of piperazine rings is 1. The fourth-order valence-electron chi connectivity index (χ4n) is 3.87. The quantitative estimate of drug-likeness (QED) is 0.773. The van der Waals surface area contributed by atoms with Crippen LogP contribution in [0.2, 0.25) is 0 Å². The Bertz CT molecular complexity index is 795. The SMILES string of the molecule is CCN(c1ccc(C(=O)Nc2cccc(CN3CCN(C)CC3)c2)cc1)C(C)C. The average Bonchev–Trinajstić information content (AvgIpc) is 2.71. The summed E-state index contributed by atoms with van der Waals surface area (Å²) in [6.07, 6.45) is 0. The molecule has 1 fully saturated rings. The molecule has 0 aliphatic carbocycles. The Labute approximate surface area is 175 Å². The first-order chi connectivity index (χ1) is 14.0. The van der Waals surface area contributed by atoms with E-state index >= 15 is 0 Å². The minimum Gasteiger partial charge on any atom is -0.369 e. The summed E-state index contributed by atoms with van der Waals surface area (Å²) >= 11 is 0. The van der Waals surface area contributed by atoms with Gasteiger partial charge in [-0.15, -0.1) is 0 Å². The fraction of sp³-hybridized carbons (Fsp3) is 0.458. The van der Waals surface area contributed by atoms with E-state index in [1.54, 1.807) is 0 Å². The fourth-order valence-corrected chi connectivity index (χ4v) is 3.87. The topological polar surface area (TPSA) is 38.8 Å². The minimum absolute atomic E-state index is 0.0686. The molecule has 3 rings (SSSR count). The van der Waals surface area contributed by atoms with Crippen molar-refractivity contribution >= 4 is 17.3 Å². The van der Waals surface area contributed by atoms with Gasteiger partial charge in [0.15, 0.2) is 0 Å². The van der Waals surface area contributed by atoms with Crippen LogP contribution < -0.4 is 10.2 Å². The highest BCUT2D eigenvalue weighted by Crippen LogP contribution is 2.19. The van der Waals surface area contributed by atoms with Gasteiger partial charge >= 0.3 is 0 Å². The molecular weight excluding hydrogens is 360 g/mol. The Morgan fingerprint density at radius 3 is 2.38 bits per heavy atom. The lowest BCUT2D eigenvalue weighted by Crippen LogP contribution is -2.43. The third-order valence-corrected chi connectivity index (χ3v) is 5.61. The Balaban J connectivity index is 1.61. The van der Waals surface area contributed by atoms with Crippen molar-refractivity contribution in [2.24, 2.45) is 0 Å². The molecule has 0 radical (unpaired) electrons. The van der Waals surface area contributed by atoms with Crippen LogP contribution >= 0.6 is 0 Å². The van der Waals surface area contributed by atoms with E-state index in [0.29, 0.717) is 11.6 Å². The number of nitrogens with zero attached hydrogens (tertiary/aromatic N) is 3. The van der Waals surface area contributed by atoms with E-state index < -0.39 is 0 Å². The molecule has 29 heavy (non-hydrogen) atoms. The van der Waals surface area contributed by atoms with Crippen LogP contribution in [0.25, 0.3) is 0 Å². The van der Waals surface area contributed by atoms with Crippen molar-refractivity contribution in [2.45, 2.75) is 33.4 Å². The molecule has 1 heterocycles. The van der Waals surface area contributed by atoms with Gasteiger partial charge in [-0.25, -0.2) is 0 Å². The van der Waals surface area contributed by atoms with Crippen molar-refractivity contribution in [3.8, 4) is 0 Å². The number of amides is 1. The molecule has 1 saturated heterocycles. The van der Waals surface area contributed by atoms with E-state index in [2.05, 4.69) is 60.0 Å². The lowest BCUT2D eigenvalue weighted by atomic mass is 10.1. The van der Waals surface area contributed by atoms with Gasteiger partial charge in [0.05, 0.1) is 0 Å². The summed E-state index contributed by atoms with van der Waals surface area (Å²) in [6, 6.07) is 16.5. The molecule has 0 atom stereocenters. The molecule has 5 heteroatoms. The number of rotatable bonds is 7. The van der Waals surface area contributed by atoms with Crippen molar-refractivity contribution < 1.29 is 4.79 Å². The van der Waals surface area contributed by atoms with E-state index in [0.717, 1.165) is 50.6 Å². The first kappa shape index (κ1) is 21.3. The van der Waals surface area contributed by atoms with Crippen LogP contribution in [0.3, 0.4) is 0 Å². The van der Waals surface area contributed by atoms with Gasteiger partial charge in [-0.3, -0.25) is 9.69 Å². The predicted molar refractivity (Wildman–Crippen MR) is 122 cm³/mol. The standard InChI is InChI=1S/C24H34N4O/c1-5-28(19(2)3)23-11-9-21(10-12-23)24(29)25-22-8-6-7-20(17-22)18-27-15-13-26(4)14-16-27/h6-12,17,19H,5,13-16,18H2,1-4H3,(H,25,29). The molecule has 5 nitrogen and oxygen atoms in total. The number of carbonyl (C=O) groups is 1. The van der Waals surface area contributed by atoms with Gasteiger partial charge in [0.1, 0.15) is 0 Å². The number of hydrogen-bond donors (Lipinski definition) is 1. The summed E-state index contributed by atoms with van der Waals surface area (Å²) in [4.78, 5) is 19.8. The van der Waals surface area contributed by atoms with Crippen molar-refractivity contribution in [3.05, 3.63) is 59.7 Å². The molecule has 2 aromatic rings. The molecule has 1 aliphatic rings. The molecular formula is C24H34N4O. The van der Waals surface area contributed by atoms with Crippen LogP contribution in [0.1, 0.15) is 36.7 Å². The molecule has 0 aromatic heterocycles. The zero-order valence-corrected chi connectivity index (χ0v) is 18.2. The van der Waals surface area contributed by atoms with Crippen molar-refractivity contribution in [1.29, 1.82) is 0 Å². The van der Waals surface area contributed by atoms with Gasteiger partial charge in [0.25, 0.3) is 5.91 Å². The highest BCUT2D eigenvalue weighted by atomic mass is 16.1. The number of anilines is 2. The normalized spacial score (nSPS) is 15.5. The summed E-state index contributed by atoms with van der Waals surface area (Å²) < 4.78 is 0. The third-order valence-electron chi connectivity index (χ3n) is 5.61. The van der Waals surface area contributed by atoms with E-state index in [-0.39, 0.29) is 5.91 Å². The lowest BCUT2D eigenvalue weighted by molar-refractivity contribution is 0.102. The third kappa shape index (κ3) is 5.81. The molecule has 0 saturated carbocycles. The van der Waals surface area contributed by atoms with E-state index in [1.165, 1.54) is 5.56 Å². The van der Waals surface area contributed by atoms with E-state index in [9.17, 15) is 4.79 Å². The van der Waals surface area contributed by atoms with Crippen LogP contribution in [0.4, 0.5) is 11.4 Å². The molecule has 2 aromatic carbocycles. The molecule has 1 N–H and O–H groups in total. The molecule has 0 spiro atoms. The van der Waals surface area contributed by atoms with Crippen LogP contribution in [0.5, 0.6) is 0 Å².